The molecule has 14 heavy (non-hydrogen) atoms. The van der Waals surface area contributed by atoms with Crippen molar-refractivity contribution < 1.29 is 14.2 Å². The van der Waals surface area contributed by atoms with E-state index in [1.807, 2.05) is 24.3 Å². The van der Waals surface area contributed by atoms with Gasteiger partial charge in [0, 0.05) is 0 Å². The summed E-state index contributed by atoms with van der Waals surface area (Å²) in [6.07, 6.45) is 0. The molecule has 1 aliphatic rings. The molecule has 2 rings (SSSR count). The monoisotopic (exact) mass is 190 g/mol. The zero-order valence-electron chi connectivity index (χ0n) is 7.82. The fourth-order valence-corrected chi connectivity index (χ4v) is 1.13. The summed E-state index contributed by atoms with van der Waals surface area (Å²) < 4.78 is 15.9. The topological polar surface area (TPSA) is 27.7 Å². The summed E-state index contributed by atoms with van der Waals surface area (Å²) in [6.45, 7) is 1.41. The first-order valence-corrected chi connectivity index (χ1v) is 4.33. The first-order chi connectivity index (χ1) is 6.90. The molecule has 0 aromatic heterocycles. The Kier molecular flexibility index (Phi) is 2.57. The summed E-state index contributed by atoms with van der Waals surface area (Å²) in [5.41, 5.74) is 0. The first-order valence-electron chi connectivity index (χ1n) is 4.33. The lowest BCUT2D eigenvalue weighted by Crippen LogP contribution is -2.22. The lowest BCUT2D eigenvalue weighted by Gasteiger charge is -2.07. The molecular formula is C11H10O3. The van der Waals surface area contributed by atoms with Crippen molar-refractivity contribution in [2.24, 2.45) is 0 Å². The molecule has 0 bridgehead atoms. The number of rotatable bonds is 2. The summed E-state index contributed by atoms with van der Waals surface area (Å²) in [5.74, 6) is 6.92. The molecule has 0 unspecified atom stereocenters. The molecule has 0 N–H and O–H groups in total. The molecule has 0 spiro atoms. The molecule has 1 aromatic carbocycles. The predicted molar refractivity (Wildman–Crippen MR) is 50.9 cm³/mol. The van der Waals surface area contributed by atoms with Crippen molar-refractivity contribution in [3.05, 3.63) is 24.3 Å². The summed E-state index contributed by atoms with van der Waals surface area (Å²) in [6, 6.07) is 7.45. The van der Waals surface area contributed by atoms with Gasteiger partial charge in [-0.1, -0.05) is 18.1 Å². The van der Waals surface area contributed by atoms with E-state index in [4.69, 9.17) is 14.2 Å². The fraction of sp³-hybridized carbons (Fsp3) is 0.273. The number of hydrogen-bond acceptors (Lipinski definition) is 3. The van der Waals surface area contributed by atoms with Crippen molar-refractivity contribution in [2.75, 3.05) is 6.61 Å². The third kappa shape index (κ3) is 1.81. The van der Waals surface area contributed by atoms with Gasteiger partial charge in [-0.25, -0.2) is 0 Å². The first kappa shape index (κ1) is 8.92. The van der Waals surface area contributed by atoms with E-state index in [2.05, 4.69) is 11.8 Å². The Morgan fingerprint density at radius 1 is 1.29 bits per heavy atom. The second-order valence-corrected chi connectivity index (χ2v) is 2.71. The Morgan fingerprint density at radius 3 is 2.50 bits per heavy atom. The van der Waals surface area contributed by atoms with Crippen LogP contribution in [0.15, 0.2) is 24.3 Å². The van der Waals surface area contributed by atoms with Crippen LogP contribution in [0.2, 0.25) is 0 Å². The average Bonchev–Trinajstić information content (AvgIpc) is 2.60. The number of benzene rings is 1. The minimum atomic E-state index is -0.659. The number of ether oxygens (including phenoxy) is 3. The van der Waals surface area contributed by atoms with Crippen LogP contribution in [0, 0.1) is 11.8 Å². The Labute approximate surface area is 82.6 Å². The van der Waals surface area contributed by atoms with Crippen molar-refractivity contribution in [3.8, 4) is 23.3 Å². The normalized spacial score (nSPS) is 13.5. The lowest BCUT2D eigenvalue weighted by molar-refractivity contribution is -0.167. The lowest BCUT2D eigenvalue weighted by atomic mass is 10.3. The highest BCUT2D eigenvalue weighted by Gasteiger charge is 2.23. The van der Waals surface area contributed by atoms with Crippen LogP contribution in [-0.2, 0) is 4.74 Å². The van der Waals surface area contributed by atoms with Gasteiger partial charge in [0.25, 0.3) is 0 Å². The van der Waals surface area contributed by atoms with E-state index in [1.54, 1.807) is 6.92 Å². The van der Waals surface area contributed by atoms with Crippen LogP contribution in [0.4, 0.5) is 0 Å². The van der Waals surface area contributed by atoms with E-state index in [-0.39, 0.29) is 0 Å². The molecular weight excluding hydrogens is 180 g/mol. The van der Waals surface area contributed by atoms with E-state index in [1.165, 1.54) is 0 Å². The maximum atomic E-state index is 5.34. The molecule has 1 heterocycles. The van der Waals surface area contributed by atoms with Gasteiger partial charge in [0.2, 0.25) is 0 Å². The third-order valence-electron chi connectivity index (χ3n) is 1.76. The van der Waals surface area contributed by atoms with E-state index in [0.717, 1.165) is 0 Å². The minimum Gasteiger partial charge on any atom is -0.428 e. The van der Waals surface area contributed by atoms with E-state index < -0.39 is 6.48 Å². The van der Waals surface area contributed by atoms with Crippen LogP contribution in [-0.4, -0.2) is 13.1 Å². The van der Waals surface area contributed by atoms with E-state index in [0.29, 0.717) is 18.1 Å². The van der Waals surface area contributed by atoms with Crippen LogP contribution in [0.3, 0.4) is 0 Å². The Morgan fingerprint density at radius 2 is 1.93 bits per heavy atom. The van der Waals surface area contributed by atoms with Crippen molar-refractivity contribution in [1.29, 1.82) is 0 Å². The molecule has 3 heteroatoms. The highest BCUT2D eigenvalue weighted by atomic mass is 16.9. The van der Waals surface area contributed by atoms with Gasteiger partial charge in [0.1, 0.15) is 6.61 Å². The van der Waals surface area contributed by atoms with Crippen LogP contribution < -0.4 is 9.47 Å². The highest BCUT2D eigenvalue weighted by molar-refractivity contribution is 5.41. The number of para-hydroxylation sites is 2. The summed E-state index contributed by atoms with van der Waals surface area (Å²) >= 11 is 0. The minimum absolute atomic E-state index is 0.315. The van der Waals surface area contributed by atoms with Gasteiger partial charge in [0.15, 0.2) is 11.5 Å². The van der Waals surface area contributed by atoms with Crippen molar-refractivity contribution in [1.82, 2.24) is 0 Å². The van der Waals surface area contributed by atoms with Gasteiger partial charge >= 0.3 is 6.48 Å². The molecule has 1 aromatic rings. The summed E-state index contributed by atoms with van der Waals surface area (Å²) in [4.78, 5) is 0. The smallest absolute Gasteiger partial charge is 0.362 e. The molecule has 0 fully saturated rings. The molecule has 0 saturated heterocycles. The van der Waals surface area contributed by atoms with Crippen molar-refractivity contribution in [2.45, 2.75) is 13.4 Å². The molecule has 0 atom stereocenters. The SMILES string of the molecule is CC#CCOC1Oc2ccccc2O1. The Balaban J connectivity index is 1.94. The van der Waals surface area contributed by atoms with E-state index in [9.17, 15) is 0 Å². The summed E-state index contributed by atoms with van der Waals surface area (Å²) in [5, 5.41) is 0. The van der Waals surface area contributed by atoms with Crippen LogP contribution in [0.25, 0.3) is 0 Å². The van der Waals surface area contributed by atoms with Gasteiger partial charge in [-0.05, 0) is 19.1 Å². The predicted octanol–water partition coefficient (Wildman–Crippen LogP) is 1.78. The molecule has 1 aliphatic heterocycles. The second kappa shape index (κ2) is 4.03. The zero-order chi connectivity index (χ0) is 9.80. The van der Waals surface area contributed by atoms with Gasteiger partial charge in [0.05, 0.1) is 0 Å². The molecule has 72 valence electrons. The van der Waals surface area contributed by atoms with Crippen LogP contribution >= 0.6 is 0 Å². The van der Waals surface area contributed by atoms with Crippen LogP contribution in [0.1, 0.15) is 6.92 Å². The van der Waals surface area contributed by atoms with Gasteiger partial charge < -0.3 is 9.47 Å². The van der Waals surface area contributed by atoms with E-state index >= 15 is 0 Å². The van der Waals surface area contributed by atoms with Gasteiger partial charge in [-0.15, -0.1) is 5.92 Å². The fourth-order valence-electron chi connectivity index (χ4n) is 1.13. The largest absolute Gasteiger partial charge is 0.428 e. The number of fused-ring (bicyclic) bond motifs is 1. The Bertz CT molecular complexity index is 351. The number of hydrogen-bond donors (Lipinski definition) is 0. The Hall–Kier alpha value is -1.66. The molecule has 0 aliphatic carbocycles. The summed E-state index contributed by atoms with van der Waals surface area (Å²) in [7, 11) is 0. The standard InChI is InChI=1S/C11H10O3/c1-2-3-8-12-11-13-9-6-4-5-7-10(9)14-11/h4-7,11H,8H2,1H3. The van der Waals surface area contributed by atoms with Crippen molar-refractivity contribution in [3.63, 3.8) is 0 Å². The zero-order valence-corrected chi connectivity index (χ0v) is 7.82. The van der Waals surface area contributed by atoms with Crippen molar-refractivity contribution >= 4 is 0 Å². The molecule has 0 amide bonds. The molecule has 0 saturated carbocycles. The maximum Gasteiger partial charge on any atom is 0.362 e. The molecule has 3 nitrogen and oxygen atoms in total. The second-order valence-electron chi connectivity index (χ2n) is 2.71. The van der Waals surface area contributed by atoms with Gasteiger partial charge in [-0.2, -0.15) is 0 Å². The quantitative estimate of drug-likeness (QED) is 0.665. The molecule has 0 radical (unpaired) electrons. The highest BCUT2D eigenvalue weighted by Crippen LogP contribution is 2.33. The van der Waals surface area contributed by atoms with Crippen LogP contribution in [0.5, 0.6) is 11.5 Å². The third-order valence-corrected chi connectivity index (χ3v) is 1.76. The van der Waals surface area contributed by atoms with Gasteiger partial charge in [-0.3, -0.25) is 4.74 Å². The maximum absolute atomic E-state index is 5.34. The average molecular weight is 190 g/mol.